The first-order valence-electron chi connectivity index (χ1n) is 5.88. The zero-order chi connectivity index (χ0) is 13.4. The predicted molar refractivity (Wildman–Crippen MR) is 67.7 cm³/mol. The molecular formula is C13H19NO4. The van der Waals surface area contributed by atoms with Crippen molar-refractivity contribution in [1.82, 2.24) is 5.32 Å². The summed E-state index contributed by atoms with van der Waals surface area (Å²) < 4.78 is 5.08. The number of benzene rings is 1. The van der Waals surface area contributed by atoms with Crippen molar-refractivity contribution in [2.75, 3.05) is 20.2 Å². The quantitative estimate of drug-likeness (QED) is 0.606. The number of carboxylic acids is 1. The minimum atomic E-state index is -0.801. The van der Waals surface area contributed by atoms with Crippen molar-refractivity contribution in [3.8, 4) is 5.75 Å². The number of carbonyl (C=O) groups is 1. The predicted octanol–water partition coefficient (Wildman–Crippen LogP) is 1.18. The van der Waals surface area contributed by atoms with Crippen molar-refractivity contribution in [2.45, 2.75) is 18.9 Å². The fourth-order valence-corrected chi connectivity index (χ4v) is 1.57. The van der Waals surface area contributed by atoms with Crippen LogP contribution in [0.4, 0.5) is 0 Å². The molecule has 0 amide bonds. The van der Waals surface area contributed by atoms with E-state index in [9.17, 15) is 9.90 Å². The highest BCUT2D eigenvalue weighted by atomic mass is 16.5. The lowest BCUT2D eigenvalue weighted by atomic mass is 10.1. The standard InChI is InChI=1S/C13H19NO4/c1-18-11-5-2-4-10(8-11)12(15)9-14-7-3-6-13(16)17/h2,4-5,8,12,14-15H,3,6-7,9H2,1H3,(H,16,17). The number of hydrogen-bond donors (Lipinski definition) is 3. The van der Waals surface area contributed by atoms with Crippen LogP contribution in [-0.2, 0) is 4.79 Å². The molecule has 1 unspecified atom stereocenters. The number of ether oxygens (including phenoxy) is 1. The number of carboxylic acid groups (broad SMARTS) is 1. The number of methoxy groups -OCH3 is 1. The Morgan fingerprint density at radius 3 is 2.94 bits per heavy atom. The second-order valence-electron chi connectivity index (χ2n) is 3.99. The Bertz CT molecular complexity index is 381. The molecular weight excluding hydrogens is 234 g/mol. The Kier molecular flexibility index (Phi) is 6.18. The van der Waals surface area contributed by atoms with Gasteiger partial charge in [-0.1, -0.05) is 12.1 Å². The van der Waals surface area contributed by atoms with E-state index in [1.807, 2.05) is 18.2 Å². The molecule has 1 atom stereocenters. The second kappa shape index (κ2) is 7.68. The molecule has 0 heterocycles. The van der Waals surface area contributed by atoms with E-state index in [4.69, 9.17) is 9.84 Å². The highest BCUT2D eigenvalue weighted by molar-refractivity contribution is 5.66. The van der Waals surface area contributed by atoms with Crippen molar-refractivity contribution >= 4 is 5.97 Å². The van der Waals surface area contributed by atoms with Gasteiger partial charge in [-0.3, -0.25) is 4.79 Å². The number of nitrogens with one attached hydrogen (secondary N) is 1. The van der Waals surface area contributed by atoms with Gasteiger partial charge in [0, 0.05) is 13.0 Å². The first kappa shape index (κ1) is 14.5. The monoisotopic (exact) mass is 253 g/mol. The van der Waals surface area contributed by atoms with Gasteiger partial charge < -0.3 is 20.3 Å². The molecule has 5 heteroatoms. The molecule has 1 aromatic rings. The Morgan fingerprint density at radius 1 is 1.50 bits per heavy atom. The molecule has 0 saturated carbocycles. The maximum atomic E-state index is 10.3. The lowest BCUT2D eigenvalue weighted by molar-refractivity contribution is -0.137. The third-order valence-electron chi connectivity index (χ3n) is 2.56. The summed E-state index contributed by atoms with van der Waals surface area (Å²) in [5.41, 5.74) is 0.778. The summed E-state index contributed by atoms with van der Waals surface area (Å²) in [6.07, 6.45) is 0.0764. The van der Waals surface area contributed by atoms with E-state index in [-0.39, 0.29) is 6.42 Å². The van der Waals surface area contributed by atoms with Crippen molar-refractivity contribution < 1.29 is 19.7 Å². The van der Waals surface area contributed by atoms with Gasteiger partial charge in [-0.2, -0.15) is 0 Å². The van der Waals surface area contributed by atoms with Gasteiger partial charge in [-0.05, 0) is 30.7 Å². The second-order valence-corrected chi connectivity index (χ2v) is 3.99. The fourth-order valence-electron chi connectivity index (χ4n) is 1.57. The third kappa shape index (κ3) is 5.16. The van der Waals surface area contributed by atoms with Crippen molar-refractivity contribution in [2.24, 2.45) is 0 Å². The number of hydrogen-bond acceptors (Lipinski definition) is 4. The van der Waals surface area contributed by atoms with Crippen LogP contribution < -0.4 is 10.1 Å². The molecule has 0 saturated heterocycles. The van der Waals surface area contributed by atoms with Crippen LogP contribution in [0.1, 0.15) is 24.5 Å². The molecule has 0 fully saturated rings. The SMILES string of the molecule is COc1cccc(C(O)CNCCCC(=O)O)c1. The lowest BCUT2D eigenvalue weighted by Gasteiger charge is -2.12. The minimum absolute atomic E-state index is 0.141. The van der Waals surface area contributed by atoms with Crippen LogP contribution in [0.3, 0.4) is 0 Å². The van der Waals surface area contributed by atoms with Crippen molar-refractivity contribution in [3.05, 3.63) is 29.8 Å². The van der Waals surface area contributed by atoms with Crippen LogP contribution >= 0.6 is 0 Å². The summed E-state index contributed by atoms with van der Waals surface area (Å²) in [6, 6.07) is 7.24. The summed E-state index contributed by atoms with van der Waals surface area (Å²) in [7, 11) is 1.58. The van der Waals surface area contributed by atoms with E-state index in [2.05, 4.69) is 5.32 Å². The van der Waals surface area contributed by atoms with Crippen LogP contribution in [0, 0.1) is 0 Å². The fraction of sp³-hybridized carbons (Fsp3) is 0.462. The Morgan fingerprint density at radius 2 is 2.28 bits per heavy atom. The zero-order valence-electron chi connectivity index (χ0n) is 10.4. The van der Waals surface area contributed by atoms with Crippen LogP contribution in [0.25, 0.3) is 0 Å². The van der Waals surface area contributed by atoms with Crippen LogP contribution in [-0.4, -0.2) is 36.4 Å². The van der Waals surface area contributed by atoms with Gasteiger partial charge in [0.15, 0.2) is 0 Å². The molecule has 1 aromatic carbocycles. The normalized spacial score (nSPS) is 12.1. The Hall–Kier alpha value is -1.59. The van der Waals surface area contributed by atoms with Gasteiger partial charge in [0.25, 0.3) is 0 Å². The van der Waals surface area contributed by atoms with Crippen LogP contribution in [0.5, 0.6) is 5.75 Å². The van der Waals surface area contributed by atoms with E-state index < -0.39 is 12.1 Å². The molecule has 0 aromatic heterocycles. The van der Waals surface area contributed by atoms with Gasteiger partial charge in [-0.25, -0.2) is 0 Å². The van der Waals surface area contributed by atoms with E-state index in [1.165, 1.54) is 0 Å². The number of aliphatic carboxylic acids is 1. The molecule has 0 bridgehead atoms. The third-order valence-corrected chi connectivity index (χ3v) is 2.56. The van der Waals surface area contributed by atoms with Crippen molar-refractivity contribution in [1.29, 1.82) is 0 Å². The highest BCUT2D eigenvalue weighted by Crippen LogP contribution is 2.18. The lowest BCUT2D eigenvalue weighted by Crippen LogP contribution is -2.23. The molecule has 0 aliphatic rings. The van der Waals surface area contributed by atoms with Gasteiger partial charge in [0.05, 0.1) is 13.2 Å². The largest absolute Gasteiger partial charge is 0.497 e. The first-order valence-corrected chi connectivity index (χ1v) is 5.88. The molecule has 100 valence electrons. The number of rotatable bonds is 8. The molecule has 0 aliphatic carbocycles. The van der Waals surface area contributed by atoms with Gasteiger partial charge >= 0.3 is 5.97 Å². The first-order chi connectivity index (χ1) is 8.63. The maximum Gasteiger partial charge on any atom is 0.303 e. The summed E-state index contributed by atoms with van der Waals surface area (Å²) in [5.74, 6) is -0.0948. The molecule has 3 N–H and O–H groups in total. The van der Waals surface area contributed by atoms with Crippen molar-refractivity contribution in [3.63, 3.8) is 0 Å². The van der Waals surface area contributed by atoms with Crippen LogP contribution in [0.2, 0.25) is 0 Å². The van der Waals surface area contributed by atoms with E-state index in [0.29, 0.717) is 25.3 Å². The summed E-state index contributed by atoms with van der Waals surface area (Å²) in [4.78, 5) is 10.3. The topological polar surface area (TPSA) is 78.8 Å². The average molecular weight is 253 g/mol. The maximum absolute atomic E-state index is 10.3. The van der Waals surface area contributed by atoms with E-state index in [0.717, 1.165) is 5.56 Å². The smallest absolute Gasteiger partial charge is 0.303 e. The molecule has 0 radical (unpaired) electrons. The van der Waals surface area contributed by atoms with E-state index >= 15 is 0 Å². The summed E-state index contributed by atoms with van der Waals surface area (Å²) >= 11 is 0. The van der Waals surface area contributed by atoms with E-state index in [1.54, 1.807) is 13.2 Å². The molecule has 0 spiro atoms. The Labute approximate surface area is 106 Å². The van der Waals surface area contributed by atoms with Gasteiger partial charge in [0.2, 0.25) is 0 Å². The molecule has 1 rings (SSSR count). The molecule has 0 aliphatic heterocycles. The Balaban J connectivity index is 2.31. The minimum Gasteiger partial charge on any atom is -0.497 e. The number of aliphatic hydroxyl groups excluding tert-OH is 1. The van der Waals surface area contributed by atoms with Crippen LogP contribution in [0.15, 0.2) is 24.3 Å². The van der Waals surface area contributed by atoms with Gasteiger partial charge in [-0.15, -0.1) is 0 Å². The van der Waals surface area contributed by atoms with Gasteiger partial charge in [0.1, 0.15) is 5.75 Å². The molecule has 18 heavy (non-hydrogen) atoms. The summed E-state index contributed by atoms with van der Waals surface area (Å²) in [5, 5.41) is 21.4. The molecule has 5 nitrogen and oxygen atoms in total. The highest BCUT2D eigenvalue weighted by Gasteiger charge is 2.07. The average Bonchev–Trinajstić information content (AvgIpc) is 2.37. The zero-order valence-corrected chi connectivity index (χ0v) is 10.4. The summed E-state index contributed by atoms with van der Waals surface area (Å²) in [6.45, 7) is 0.972. The number of aliphatic hydroxyl groups is 1.